The van der Waals surface area contributed by atoms with Crippen LogP contribution in [0.3, 0.4) is 0 Å². The highest BCUT2D eigenvalue weighted by molar-refractivity contribution is 7.93. The summed E-state index contributed by atoms with van der Waals surface area (Å²) in [5.41, 5.74) is 5.33. The third kappa shape index (κ3) is 3.64. The van der Waals surface area contributed by atoms with Crippen LogP contribution in [0.4, 0.5) is 11.4 Å². The number of carbonyl (C=O) groups is 1. The summed E-state index contributed by atoms with van der Waals surface area (Å²) >= 11 is 0. The molecule has 0 spiro atoms. The molecule has 2 aromatic carbocycles. The molecular weight excluding hydrogens is 436 g/mol. The van der Waals surface area contributed by atoms with Crippen LogP contribution in [0.1, 0.15) is 29.5 Å². The summed E-state index contributed by atoms with van der Waals surface area (Å²) in [6.07, 6.45) is 0.776. The Balaban J connectivity index is 1.13. The van der Waals surface area contributed by atoms with Crippen molar-refractivity contribution in [3.05, 3.63) is 59.2 Å². The lowest BCUT2D eigenvalue weighted by atomic mass is 10.00. The average Bonchev–Trinajstić information content (AvgIpc) is 3.41. The molecule has 2 bridgehead atoms. The highest BCUT2D eigenvalue weighted by atomic mass is 32.2. The zero-order valence-electron chi connectivity index (χ0n) is 19.0. The first-order chi connectivity index (χ1) is 15.9. The van der Waals surface area contributed by atoms with Crippen molar-refractivity contribution in [1.29, 1.82) is 0 Å². The molecule has 6 rings (SSSR count). The summed E-state index contributed by atoms with van der Waals surface area (Å²) in [6.45, 7) is 7.76. The maximum atomic E-state index is 13.4. The predicted octanol–water partition coefficient (Wildman–Crippen LogP) is 2.03. The van der Waals surface area contributed by atoms with Gasteiger partial charge in [0.2, 0.25) is 15.9 Å². The van der Waals surface area contributed by atoms with E-state index < -0.39 is 10.0 Å². The predicted molar refractivity (Wildman–Crippen MR) is 129 cm³/mol. The molecule has 0 radical (unpaired) electrons. The van der Waals surface area contributed by atoms with Gasteiger partial charge in [-0.2, -0.15) is 0 Å². The van der Waals surface area contributed by atoms with Crippen LogP contribution in [-0.2, 0) is 27.8 Å². The Morgan fingerprint density at radius 3 is 2.48 bits per heavy atom. The molecule has 0 aromatic heterocycles. The van der Waals surface area contributed by atoms with E-state index in [1.54, 1.807) is 4.31 Å². The molecule has 0 saturated carbocycles. The minimum atomic E-state index is -3.16. The van der Waals surface area contributed by atoms with Crippen LogP contribution in [0.5, 0.6) is 0 Å². The lowest BCUT2D eigenvalue weighted by Crippen LogP contribution is -2.50. The fraction of sp³-hybridized carbons (Fsp3) is 0.480. The summed E-state index contributed by atoms with van der Waals surface area (Å²) in [7, 11) is -3.16. The highest BCUT2D eigenvalue weighted by Crippen LogP contribution is 2.49. The Morgan fingerprint density at radius 1 is 1.00 bits per heavy atom. The summed E-state index contributed by atoms with van der Waals surface area (Å²) in [4.78, 5) is 20.1. The molecule has 0 aliphatic carbocycles. The van der Waals surface area contributed by atoms with Gasteiger partial charge in [0.05, 0.1) is 18.0 Å². The number of anilines is 2. The third-order valence-corrected chi connectivity index (χ3v) is 9.47. The Bertz CT molecular complexity index is 1190. The van der Waals surface area contributed by atoms with Crippen LogP contribution < -0.4 is 9.21 Å². The fourth-order valence-corrected chi connectivity index (χ4v) is 7.79. The minimum absolute atomic E-state index is 0.0286. The van der Waals surface area contributed by atoms with E-state index in [0.29, 0.717) is 13.1 Å². The van der Waals surface area contributed by atoms with Gasteiger partial charge in [0.15, 0.2) is 0 Å². The Labute approximate surface area is 195 Å². The number of nitrogens with zero attached hydrogens (tertiary/aromatic N) is 4. The second-order valence-corrected chi connectivity index (χ2v) is 11.8. The quantitative estimate of drug-likeness (QED) is 0.690. The van der Waals surface area contributed by atoms with Gasteiger partial charge >= 0.3 is 0 Å². The van der Waals surface area contributed by atoms with Gasteiger partial charge in [-0.1, -0.05) is 30.3 Å². The van der Waals surface area contributed by atoms with E-state index in [-0.39, 0.29) is 23.6 Å². The van der Waals surface area contributed by atoms with Gasteiger partial charge in [-0.15, -0.1) is 0 Å². The van der Waals surface area contributed by atoms with Crippen molar-refractivity contribution in [2.45, 2.75) is 31.8 Å². The zero-order valence-corrected chi connectivity index (χ0v) is 19.8. The van der Waals surface area contributed by atoms with Crippen molar-refractivity contribution >= 4 is 27.3 Å². The molecule has 1 amide bonds. The molecule has 4 heterocycles. The highest BCUT2D eigenvalue weighted by Gasteiger charge is 2.46. The number of piperazine rings is 1. The van der Waals surface area contributed by atoms with E-state index in [9.17, 15) is 13.2 Å². The number of amides is 1. The molecular formula is C25H30N4O3S. The van der Waals surface area contributed by atoms with Gasteiger partial charge < -0.3 is 4.90 Å². The molecule has 174 valence electrons. The van der Waals surface area contributed by atoms with E-state index in [1.165, 1.54) is 5.56 Å². The molecule has 2 saturated heterocycles. The maximum Gasteiger partial charge on any atom is 0.241 e. The summed E-state index contributed by atoms with van der Waals surface area (Å²) < 4.78 is 26.2. The normalized spacial score (nSPS) is 26.0. The molecule has 2 fully saturated rings. The smallest absolute Gasteiger partial charge is 0.241 e. The van der Waals surface area contributed by atoms with Crippen molar-refractivity contribution in [1.82, 2.24) is 9.80 Å². The fourth-order valence-electron chi connectivity index (χ4n) is 5.96. The minimum Gasteiger partial charge on any atom is -0.308 e. The summed E-state index contributed by atoms with van der Waals surface area (Å²) in [5, 5.41) is 0. The maximum absolute atomic E-state index is 13.4. The molecule has 2 atom stereocenters. The van der Waals surface area contributed by atoms with Gasteiger partial charge in [0.1, 0.15) is 0 Å². The van der Waals surface area contributed by atoms with Crippen LogP contribution in [-0.4, -0.2) is 75.2 Å². The molecule has 33 heavy (non-hydrogen) atoms. The van der Waals surface area contributed by atoms with Crippen molar-refractivity contribution in [3.8, 4) is 0 Å². The second kappa shape index (κ2) is 7.82. The lowest BCUT2D eigenvalue weighted by molar-refractivity contribution is -0.120. The Hall–Kier alpha value is -2.42. The number of hydrogen-bond donors (Lipinski definition) is 0. The molecule has 0 N–H and O–H groups in total. The number of benzene rings is 2. The van der Waals surface area contributed by atoms with Crippen LogP contribution in [0.25, 0.3) is 0 Å². The van der Waals surface area contributed by atoms with Crippen molar-refractivity contribution in [2.24, 2.45) is 0 Å². The van der Waals surface area contributed by atoms with Gasteiger partial charge in [0.25, 0.3) is 0 Å². The monoisotopic (exact) mass is 466 g/mol. The molecule has 4 aliphatic heterocycles. The van der Waals surface area contributed by atoms with E-state index in [1.807, 2.05) is 17.0 Å². The second-order valence-electron chi connectivity index (χ2n) is 9.90. The van der Waals surface area contributed by atoms with Crippen molar-refractivity contribution < 1.29 is 13.2 Å². The van der Waals surface area contributed by atoms with Crippen LogP contribution in [0, 0.1) is 0 Å². The number of sulfonamides is 1. The topological polar surface area (TPSA) is 64.2 Å². The first-order valence-electron chi connectivity index (χ1n) is 11.9. The van der Waals surface area contributed by atoms with Gasteiger partial charge in [0, 0.05) is 56.9 Å². The first-order valence-corrected chi connectivity index (χ1v) is 13.5. The number of fused-ring (bicyclic) bond motifs is 6. The summed E-state index contributed by atoms with van der Waals surface area (Å²) in [5.74, 6) is 0.366. The molecule has 2 unspecified atom stereocenters. The average molecular weight is 467 g/mol. The third-order valence-electron chi connectivity index (χ3n) is 7.63. The lowest BCUT2D eigenvalue weighted by Gasteiger charge is -2.35. The Kier molecular flexibility index (Phi) is 5.01. The van der Waals surface area contributed by atoms with Gasteiger partial charge in [-0.05, 0) is 42.2 Å². The van der Waals surface area contributed by atoms with Gasteiger partial charge in [-0.3, -0.25) is 18.9 Å². The van der Waals surface area contributed by atoms with E-state index >= 15 is 0 Å². The summed E-state index contributed by atoms with van der Waals surface area (Å²) in [6, 6.07) is 14.7. The van der Waals surface area contributed by atoms with Crippen LogP contribution in [0.2, 0.25) is 0 Å². The molecule has 2 aromatic rings. The number of carbonyl (C=O) groups excluding carboxylic acids is 1. The molecule has 4 aliphatic rings. The molecule has 7 nitrogen and oxygen atoms in total. The van der Waals surface area contributed by atoms with Crippen molar-refractivity contribution in [3.63, 3.8) is 0 Å². The first kappa shape index (κ1) is 21.1. The van der Waals surface area contributed by atoms with E-state index in [2.05, 4.69) is 47.1 Å². The largest absolute Gasteiger partial charge is 0.308 e. The number of rotatable bonds is 4. The van der Waals surface area contributed by atoms with Crippen LogP contribution in [0.15, 0.2) is 42.5 Å². The SMILES string of the molecule is CC1Cc2cc3c(cc2N1C(=O)CN1CCN(Cc2ccccc2)CC1)C1CN3S(=O)(=O)C1. The standard InChI is InChI=1S/C25H30N4O3S/c1-18-11-20-12-24-22(21-15-28(24)33(31,32)17-21)13-23(20)29(18)25(30)16-27-9-7-26(8-10-27)14-19-5-3-2-4-6-19/h2-6,12-13,18,21H,7-11,14-17H2,1H3. The zero-order chi connectivity index (χ0) is 22.7. The van der Waals surface area contributed by atoms with E-state index in [0.717, 1.165) is 61.6 Å². The molecule has 8 heteroatoms. The van der Waals surface area contributed by atoms with Crippen LogP contribution >= 0.6 is 0 Å². The number of hydrogen-bond acceptors (Lipinski definition) is 5. The van der Waals surface area contributed by atoms with Gasteiger partial charge in [-0.25, -0.2) is 8.42 Å². The Morgan fingerprint density at radius 2 is 1.73 bits per heavy atom. The van der Waals surface area contributed by atoms with E-state index in [4.69, 9.17) is 0 Å². The van der Waals surface area contributed by atoms with Crippen molar-refractivity contribution in [2.75, 3.05) is 54.2 Å².